The Morgan fingerprint density at radius 1 is 1.20 bits per heavy atom. The van der Waals surface area contributed by atoms with E-state index in [1.54, 1.807) is 4.72 Å². The minimum atomic E-state index is -4.63. The second-order valence-corrected chi connectivity index (χ2v) is 6.04. The minimum Gasteiger partial charge on any atom is -0.480 e. The van der Waals surface area contributed by atoms with E-state index in [9.17, 15) is 26.4 Å². The van der Waals surface area contributed by atoms with E-state index in [4.69, 9.17) is 5.11 Å². The molecule has 0 fully saturated rings. The molecule has 0 saturated heterocycles. The van der Waals surface area contributed by atoms with Gasteiger partial charge in [0.1, 0.15) is 10.9 Å². The number of hydrogen-bond acceptors (Lipinski definition) is 3. The van der Waals surface area contributed by atoms with Crippen LogP contribution in [0.15, 0.2) is 17.0 Å². The maximum absolute atomic E-state index is 13.4. The first-order chi connectivity index (χ1) is 9.08. The number of sulfonamides is 1. The molecule has 1 rings (SSSR count). The Morgan fingerprint density at radius 3 is 2.20 bits per heavy atom. The molecule has 112 valence electrons. The monoisotopic (exact) mass is 311 g/mol. The molecule has 0 bridgehead atoms. The van der Waals surface area contributed by atoms with Crippen LogP contribution in [0.5, 0.6) is 0 Å². The van der Waals surface area contributed by atoms with Crippen molar-refractivity contribution in [2.45, 2.75) is 24.8 Å². The fourth-order valence-corrected chi connectivity index (χ4v) is 2.82. The van der Waals surface area contributed by atoms with Crippen LogP contribution in [-0.2, 0) is 14.8 Å². The lowest BCUT2D eigenvalue weighted by atomic mass is 10.1. The van der Waals surface area contributed by atoms with Gasteiger partial charge in [-0.05, 0) is 18.1 Å². The summed E-state index contributed by atoms with van der Waals surface area (Å²) in [5.41, 5.74) is 0. The summed E-state index contributed by atoms with van der Waals surface area (Å²) in [5.74, 6) is -7.48. The van der Waals surface area contributed by atoms with Gasteiger partial charge in [0.25, 0.3) is 0 Å². The Labute approximate surface area is 113 Å². The highest BCUT2D eigenvalue weighted by atomic mass is 32.2. The zero-order valence-electron chi connectivity index (χ0n) is 10.5. The van der Waals surface area contributed by atoms with Gasteiger partial charge in [0, 0.05) is 0 Å². The van der Waals surface area contributed by atoms with E-state index < -0.39 is 50.3 Å². The van der Waals surface area contributed by atoms with Crippen LogP contribution in [0.1, 0.15) is 13.8 Å². The standard InChI is InChI=1S/C11H12F3NO4S/c1-5(2)10(11(16)17)15-20(18,19)7-4-3-6(12)8(13)9(7)14/h3-5,10,15H,1-2H3,(H,16,17)/t10-/m1/s1. The molecule has 0 amide bonds. The van der Waals surface area contributed by atoms with E-state index in [1.807, 2.05) is 0 Å². The quantitative estimate of drug-likeness (QED) is 0.807. The van der Waals surface area contributed by atoms with E-state index in [0.29, 0.717) is 12.1 Å². The minimum absolute atomic E-state index is 0.443. The third-order valence-electron chi connectivity index (χ3n) is 2.50. The summed E-state index contributed by atoms with van der Waals surface area (Å²) < 4.78 is 64.6. The van der Waals surface area contributed by atoms with Crippen LogP contribution < -0.4 is 4.72 Å². The number of hydrogen-bond donors (Lipinski definition) is 2. The average molecular weight is 311 g/mol. The van der Waals surface area contributed by atoms with E-state index >= 15 is 0 Å². The molecule has 0 radical (unpaired) electrons. The van der Waals surface area contributed by atoms with Crippen LogP contribution in [0, 0.1) is 23.4 Å². The molecule has 0 heterocycles. The number of benzene rings is 1. The topological polar surface area (TPSA) is 83.5 Å². The maximum Gasteiger partial charge on any atom is 0.322 e. The third-order valence-corrected chi connectivity index (χ3v) is 3.96. The van der Waals surface area contributed by atoms with Crippen molar-refractivity contribution in [3.05, 3.63) is 29.6 Å². The zero-order chi connectivity index (χ0) is 15.7. The van der Waals surface area contributed by atoms with E-state index in [2.05, 4.69) is 0 Å². The molecule has 0 aromatic heterocycles. The highest BCUT2D eigenvalue weighted by molar-refractivity contribution is 7.89. The lowest BCUT2D eigenvalue weighted by Gasteiger charge is -2.18. The van der Waals surface area contributed by atoms with Crippen molar-refractivity contribution < 1.29 is 31.5 Å². The van der Waals surface area contributed by atoms with Crippen LogP contribution in [0.25, 0.3) is 0 Å². The lowest BCUT2D eigenvalue weighted by molar-refractivity contribution is -0.140. The second kappa shape index (κ2) is 5.80. The Kier molecular flexibility index (Phi) is 4.77. The van der Waals surface area contributed by atoms with Crippen LogP contribution in [0.3, 0.4) is 0 Å². The number of aliphatic carboxylic acids is 1. The molecule has 0 unspecified atom stereocenters. The van der Waals surface area contributed by atoms with Crippen molar-refractivity contribution in [3.8, 4) is 0 Å². The fourth-order valence-electron chi connectivity index (χ4n) is 1.42. The molecular formula is C11H12F3NO4S. The smallest absolute Gasteiger partial charge is 0.322 e. The molecule has 2 N–H and O–H groups in total. The summed E-state index contributed by atoms with van der Waals surface area (Å²) >= 11 is 0. The third kappa shape index (κ3) is 3.28. The van der Waals surface area contributed by atoms with Crippen molar-refractivity contribution in [3.63, 3.8) is 0 Å². The summed E-state index contributed by atoms with van der Waals surface area (Å²) in [6.45, 7) is 2.87. The first kappa shape index (κ1) is 16.4. The Bertz CT molecular complexity index is 631. The van der Waals surface area contributed by atoms with E-state index in [-0.39, 0.29) is 0 Å². The molecule has 1 aromatic carbocycles. The SMILES string of the molecule is CC(C)[C@@H](NS(=O)(=O)c1ccc(F)c(F)c1F)C(=O)O. The molecule has 0 spiro atoms. The van der Waals surface area contributed by atoms with Gasteiger partial charge in [-0.25, -0.2) is 21.6 Å². The van der Waals surface area contributed by atoms with Crippen molar-refractivity contribution in [2.24, 2.45) is 5.92 Å². The normalized spacial score (nSPS) is 13.5. The first-order valence-corrected chi connectivity index (χ1v) is 6.95. The molecule has 1 aromatic rings. The molecule has 0 saturated carbocycles. The van der Waals surface area contributed by atoms with E-state index in [1.165, 1.54) is 13.8 Å². The highest BCUT2D eigenvalue weighted by Gasteiger charge is 2.31. The van der Waals surface area contributed by atoms with Gasteiger partial charge < -0.3 is 5.11 Å². The number of carbonyl (C=O) groups is 1. The first-order valence-electron chi connectivity index (χ1n) is 5.46. The maximum atomic E-state index is 13.4. The van der Waals surface area contributed by atoms with Crippen LogP contribution >= 0.6 is 0 Å². The molecule has 1 atom stereocenters. The van der Waals surface area contributed by atoms with Gasteiger partial charge in [-0.3, -0.25) is 4.79 Å². The summed E-state index contributed by atoms with van der Waals surface area (Å²) in [5, 5.41) is 8.87. The molecule has 0 aliphatic rings. The molecule has 0 aliphatic heterocycles. The van der Waals surface area contributed by atoms with Gasteiger partial charge in [0.2, 0.25) is 10.0 Å². The summed E-state index contributed by atoms with van der Waals surface area (Å²) in [4.78, 5) is 9.75. The van der Waals surface area contributed by atoms with Crippen LogP contribution in [-0.4, -0.2) is 25.5 Å². The largest absolute Gasteiger partial charge is 0.480 e. The number of carboxylic acids is 1. The van der Waals surface area contributed by atoms with E-state index in [0.717, 1.165) is 0 Å². The van der Waals surface area contributed by atoms with Gasteiger partial charge in [-0.15, -0.1) is 0 Å². The molecule has 9 heteroatoms. The van der Waals surface area contributed by atoms with Gasteiger partial charge >= 0.3 is 5.97 Å². The van der Waals surface area contributed by atoms with Crippen LogP contribution in [0.4, 0.5) is 13.2 Å². The average Bonchev–Trinajstić information content (AvgIpc) is 2.32. The Balaban J connectivity index is 3.25. The lowest BCUT2D eigenvalue weighted by Crippen LogP contribution is -2.44. The molecule has 20 heavy (non-hydrogen) atoms. The Morgan fingerprint density at radius 2 is 1.75 bits per heavy atom. The van der Waals surface area contributed by atoms with Crippen molar-refractivity contribution in [2.75, 3.05) is 0 Å². The molecule has 0 aliphatic carbocycles. The van der Waals surface area contributed by atoms with Gasteiger partial charge in [-0.2, -0.15) is 4.72 Å². The molecular weight excluding hydrogens is 299 g/mol. The van der Waals surface area contributed by atoms with Crippen molar-refractivity contribution in [1.29, 1.82) is 0 Å². The van der Waals surface area contributed by atoms with Crippen LogP contribution in [0.2, 0.25) is 0 Å². The summed E-state index contributed by atoms with van der Waals surface area (Å²) in [6.07, 6.45) is 0. The zero-order valence-corrected chi connectivity index (χ0v) is 11.3. The Hall–Kier alpha value is -1.61. The number of halogens is 3. The predicted octanol–water partition coefficient (Wildman–Crippen LogP) is 1.49. The number of carboxylic acid groups (broad SMARTS) is 1. The van der Waals surface area contributed by atoms with Gasteiger partial charge in [-0.1, -0.05) is 13.8 Å². The van der Waals surface area contributed by atoms with Gasteiger partial charge in [0.15, 0.2) is 17.5 Å². The number of nitrogens with one attached hydrogen (secondary N) is 1. The predicted molar refractivity (Wildman–Crippen MR) is 62.9 cm³/mol. The summed E-state index contributed by atoms with van der Waals surface area (Å²) in [6, 6.07) is -0.555. The summed E-state index contributed by atoms with van der Waals surface area (Å²) in [7, 11) is -4.63. The van der Waals surface area contributed by atoms with Gasteiger partial charge in [0.05, 0.1) is 0 Å². The number of rotatable bonds is 5. The fraction of sp³-hybridized carbons (Fsp3) is 0.364. The van der Waals surface area contributed by atoms with Crippen molar-refractivity contribution >= 4 is 16.0 Å². The second-order valence-electron chi connectivity index (χ2n) is 4.35. The molecule has 5 nitrogen and oxygen atoms in total. The van der Waals surface area contributed by atoms with Crippen molar-refractivity contribution in [1.82, 2.24) is 4.72 Å². The highest BCUT2D eigenvalue weighted by Crippen LogP contribution is 2.20.